The van der Waals surface area contributed by atoms with E-state index < -0.39 is 43.7 Å². The lowest BCUT2D eigenvalue weighted by Gasteiger charge is -2.37. The first-order valence-electron chi connectivity index (χ1n) is 9.05. The van der Waals surface area contributed by atoms with Crippen LogP contribution in [-0.2, 0) is 15.3 Å². The predicted molar refractivity (Wildman–Crippen MR) is 105 cm³/mol. The summed E-state index contributed by atoms with van der Waals surface area (Å²) in [4.78, 5) is 28.7. The molecular weight excluding hydrogens is 445 g/mol. The van der Waals surface area contributed by atoms with Crippen molar-refractivity contribution in [3.63, 3.8) is 0 Å². The van der Waals surface area contributed by atoms with Gasteiger partial charge in [-0.05, 0) is 35.8 Å². The third-order valence-electron chi connectivity index (χ3n) is 5.37. The summed E-state index contributed by atoms with van der Waals surface area (Å²) in [5, 5.41) is -1.30. The van der Waals surface area contributed by atoms with Crippen LogP contribution in [-0.4, -0.2) is 49.4 Å². The van der Waals surface area contributed by atoms with E-state index >= 15 is 0 Å². The number of amides is 2. The standard InChI is InChI=1S/C18H24ClF3N2O5Si/c1-17(2,3)30(5,6)28-9-12-14(29-16(26)24(12)15(19)25)11-7-10(18(20,21)22)8-13(23-11)27-4/h7-8,12,14H,9H2,1-6H3/t12-,14+/m0/s1. The number of pyridine rings is 1. The zero-order valence-corrected chi connectivity index (χ0v) is 19.2. The van der Waals surface area contributed by atoms with Crippen LogP contribution in [0.2, 0.25) is 18.1 Å². The van der Waals surface area contributed by atoms with Gasteiger partial charge in [0.25, 0.3) is 0 Å². The monoisotopic (exact) mass is 468 g/mol. The normalized spacial score (nSPS) is 20.3. The van der Waals surface area contributed by atoms with Crippen LogP contribution in [0.1, 0.15) is 38.1 Å². The second-order valence-electron chi connectivity index (χ2n) is 8.39. The number of hydrogen-bond donors (Lipinski definition) is 0. The third kappa shape index (κ3) is 5.06. The van der Waals surface area contributed by atoms with Crippen LogP contribution >= 0.6 is 11.6 Å². The van der Waals surface area contributed by atoms with Gasteiger partial charge in [0, 0.05) is 6.07 Å². The second kappa shape index (κ2) is 8.35. The number of alkyl halides is 3. The molecule has 0 saturated carbocycles. The molecule has 0 N–H and O–H groups in total. The van der Waals surface area contributed by atoms with Crippen LogP contribution in [0, 0.1) is 0 Å². The maximum Gasteiger partial charge on any atom is 0.418 e. The number of hydrogen-bond acceptors (Lipinski definition) is 6. The Balaban J connectivity index is 2.47. The van der Waals surface area contributed by atoms with Crippen molar-refractivity contribution in [2.45, 2.75) is 57.2 Å². The van der Waals surface area contributed by atoms with Gasteiger partial charge >= 0.3 is 17.6 Å². The minimum Gasteiger partial charge on any atom is -0.481 e. The maximum absolute atomic E-state index is 13.3. The van der Waals surface area contributed by atoms with Gasteiger partial charge < -0.3 is 13.9 Å². The molecule has 1 aliphatic heterocycles. The number of ether oxygens (including phenoxy) is 2. The minimum atomic E-state index is -4.68. The van der Waals surface area contributed by atoms with E-state index in [4.69, 9.17) is 25.5 Å². The summed E-state index contributed by atoms with van der Waals surface area (Å²) in [6.07, 6.45) is -7.06. The van der Waals surface area contributed by atoms with E-state index in [1.807, 2.05) is 33.9 Å². The first kappa shape index (κ1) is 24.4. The molecular formula is C18H24ClF3N2O5Si. The van der Waals surface area contributed by atoms with Crippen LogP contribution < -0.4 is 4.74 Å². The smallest absolute Gasteiger partial charge is 0.418 e. The molecule has 2 atom stereocenters. The van der Waals surface area contributed by atoms with Gasteiger partial charge in [-0.15, -0.1) is 0 Å². The van der Waals surface area contributed by atoms with Gasteiger partial charge in [0.15, 0.2) is 14.4 Å². The van der Waals surface area contributed by atoms with Gasteiger partial charge in [0.2, 0.25) is 5.88 Å². The lowest BCUT2D eigenvalue weighted by atomic mass is 10.1. The molecule has 0 radical (unpaired) electrons. The van der Waals surface area contributed by atoms with Crippen molar-refractivity contribution in [2.75, 3.05) is 13.7 Å². The van der Waals surface area contributed by atoms with Crippen molar-refractivity contribution in [1.29, 1.82) is 0 Å². The van der Waals surface area contributed by atoms with Crippen LogP contribution in [0.4, 0.5) is 22.8 Å². The number of carbonyl (C=O) groups excluding carboxylic acids is 2. The summed E-state index contributed by atoms with van der Waals surface area (Å²) >= 11 is 5.55. The van der Waals surface area contributed by atoms with Gasteiger partial charge in [0.05, 0.1) is 25.0 Å². The summed E-state index contributed by atoms with van der Waals surface area (Å²) in [6.45, 7) is 9.74. The van der Waals surface area contributed by atoms with Gasteiger partial charge in [-0.1, -0.05) is 20.8 Å². The molecule has 1 aliphatic rings. The molecule has 0 aliphatic carbocycles. The molecule has 0 bridgehead atoms. The van der Waals surface area contributed by atoms with E-state index in [0.717, 1.165) is 12.1 Å². The lowest BCUT2D eigenvalue weighted by Crippen LogP contribution is -2.46. The number of cyclic esters (lactones) is 1. The van der Waals surface area contributed by atoms with E-state index in [9.17, 15) is 22.8 Å². The molecule has 30 heavy (non-hydrogen) atoms. The topological polar surface area (TPSA) is 78.0 Å². The quantitative estimate of drug-likeness (QED) is 0.329. The highest BCUT2D eigenvalue weighted by atomic mass is 35.5. The first-order chi connectivity index (χ1) is 13.6. The number of methoxy groups -OCH3 is 1. The second-order valence-corrected chi connectivity index (χ2v) is 13.5. The Labute approximate surface area is 178 Å². The molecule has 2 heterocycles. The molecule has 1 aromatic rings. The highest BCUT2D eigenvalue weighted by molar-refractivity contribution is 6.74. The highest BCUT2D eigenvalue weighted by Crippen LogP contribution is 2.40. The average molecular weight is 469 g/mol. The number of carbonyl (C=O) groups is 2. The Bertz CT molecular complexity index is 829. The SMILES string of the molecule is COc1cc(C(F)(F)F)cc([C@H]2OC(=O)N(C(=O)Cl)[C@H]2CO[Si](C)(C)C(C)(C)C)n1. The zero-order chi connectivity index (χ0) is 23.1. The Morgan fingerprint density at radius 1 is 1.30 bits per heavy atom. The molecule has 0 spiro atoms. The Hall–Kier alpha value is -1.85. The lowest BCUT2D eigenvalue weighted by molar-refractivity contribution is -0.137. The molecule has 0 aromatic carbocycles. The highest BCUT2D eigenvalue weighted by Gasteiger charge is 2.49. The zero-order valence-electron chi connectivity index (χ0n) is 17.5. The predicted octanol–water partition coefficient (Wildman–Crippen LogP) is 5.35. The van der Waals surface area contributed by atoms with Crippen LogP contribution in [0.5, 0.6) is 5.88 Å². The Morgan fingerprint density at radius 3 is 2.37 bits per heavy atom. The van der Waals surface area contributed by atoms with Crippen molar-refractivity contribution >= 4 is 31.4 Å². The molecule has 2 rings (SSSR count). The average Bonchev–Trinajstić information content (AvgIpc) is 2.94. The van der Waals surface area contributed by atoms with Crippen LogP contribution in [0.3, 0.4) is 0 Å². The van der Waals surface area contributed by atoms with Gasteiger partial charge in [-0.25, -0.2) is 14.7 Å². The molecule has 12 heteroatoms. The van der Waals surface area contributed by atoms with Gasteiger partial charge in [0.1, 0.15) is 6.04 Å². The summed E-state index contributed by atoms with van der Waals surface area (Å²) in [5.41, 5.74) is -1.25. The fourth-order valence-electron chi connectivity index (χ4n) is 2.59. The van der Waals surface area contributed by atoms with Crippen molar-refractivity contribution < 1.29 is 36.7 Å². The molecule has 168 valence electrons. The number of imide groups is 1. The molecule has 1 fully saturated rings. The molecule has 7 nitrogen and oxygen atoms in total. The fraction of sp³-hybridized carbons (Fsp3) is 0.611. The third-order valence-corrected chi connectivity index (χ3v) is 10.0. The number of rotatable bonds is 5. The summed E-state index contributed by atoms with van der Waals surface area (Å²) in [5.74, 6) is -0.310. The molecule has 1 aromatic heterocycles. The number of nitrogens with zero attached hydrogens (tertiary/aromatic N) is 2. The van der Waals surface area contributed by atoms with Gasteiger partial charge in [-0.3, -0.25) is 4.79 Å². The fourth-order valence-corrected chi connectivity index (χ4v) is 3.80. The minimum absolute atomic E-state index is 0.161. The van der Waals surface area contributed by atoms with Crippen molar-refractivity contribution in [1.82, 2.24) is 9.88 Å². The number of aromatic nitrogens is 1. The van der Waals surface area contributed by atoms with Gasteiger partial charge in [-0.2, -0.15) is 13.2 Å². The summed E-state index contributed by atoms with van der Waals surface area (Å²) in [7, 11) is -1.15. The molecule has 2 amide bonds. The molecule has 0 unspecified atom stereocenters. The first-order valence-corrected chi connectivity index (χ1v) is 12.3. The maximum atomic E-state index is 13.3. The van der Waals surface area contributed by atoms with E-state index in [1.54, 1.807) is 0 Å². The van der Waals surface area contributed by atoms with Crippen molar-refractivity contribution in [3.05, 3.63) is 23.4 Å². The van der Waals surface area contributed by atoms with Crippen molar-refractivity contribution in [2.24, 2.45) is 0 Å². The van der Waals surface area contributed by atoms with Crippen LogP contribution in [0.15, 0.2) is 12.1 Å². The largest absolute Gasteiger partial charge is 0.481 e. The summed E-state index contributed by atoms with van der Waals surface area (Å²) < 4.78 is 56.0. The summed E-state index contributed by atoms with van der Waals surface area (Å²) in [6, 6.07) is 0.394. The molecule has 1 saturated heterocycles. The Kier molecular flexibility index (Phi) is 6.80. The van der Waals surface area contributed by atoms with Crippen LogP contribution in [0.25, 0.3) is 0 Å². The van der Waals surface area contributed by atoms with Crippen molar-refractivity contribution in [3.8, 4) is 5.88 Å². The number of halogens is 4. The van der Waals surface area contributed by atoms with E-state index in [0.29, 0.717) is 4.90 Å². The Morgan fingerprint density at radius 2 is 1.90 bits per heavy atom. The van der Waals surface area contributed by atoms with E-state index in [1.165, 1.54) is 7.11 Å². The van der Waals surface area contributed by atoms with E-state index in [-0.39, 0.29) is 23.2 Å². The van der Waals surface area contributed by atoms with E-state index in [2.05, 4.69) is 4.98 Å².